The summed E-state index contributed by atoms with van der Waals surface area (Å²) in [5, 5.41) is 12.8. The minimum atomic E-state index is -0.538. The quantitative estimate of drug-likeness (QED) is 0.482. The zero-order valence-electron chi connectivity index (χ0n) is 13.7. The van der Waals surface area contributed by atoms with E-state index in [1.54, 1.807) is 42.7 Å². The smallest absolute Gasteiger partial charge is 0.262 e. The number of aromatic amines is 1. The fourth-order valence-corrected chi connectivity index (χ4v) is 2.51. The molecule has 0 aliphatic heterocycles. The van der Waals surface area contributed by atoms with Crippen LogP contribution >= 0.6 is 0 Å². The summed E-state index contributed by atoms with van der Waals surface area (Å²) in [6, 6.07) is 12.2. The number of hydrogen-bond acceptors (Lipinski definition) is 4. The number of nitrogens with zero attached hydrogens (tertiary/aromatic N) is 2. The van der Waals surface area contributed by atoms with Crippen LogP contribution in [0.2, 0.25) is 0 Å². The van der Waals surface area contributed by atoms with Gasteiger partial charge in [0.25, 0.3) is 5.91 Å². The SMILES string of the molecule is N#C/C(=C\c1c[nH]c2ncccc12)C(=O)NCc1cccc(C(N)=O)c1. The van der Waals surface area contributed by atoms with Crippen molar-refractivity contribution in [3.8, 4) is 6.07 Å². The van der Waals surface area contributed by atoms with E-state index in [4.69, 9.17) is 5.73 Å². The Balaban J connectivity index is 1.76. The molecule has 0 aliphatic rings. The summed E-state index contributed by atoms with van der Waals surface area (Å²) in [7, 11) is 0. The molecule has 1 aromatic carbocycles. The fraction of sp³-hybridized carbons (Fsp3) is 0.0526. The second kappa shape index (κ2) is 7.32. The molecule has 0 aliphatic carbocycles. The molecule has 7 heteroatoms. The van der Waals surface area contributed by atoms with Crippen molar-refractivity contribution in [2.24, 2.45) is 5.73 Å². The number of carbonyl (C=O) groups excluding carboxylic acids is 2. The number of nitrogens with two attached hydrogens (primary N) is 1. The van der Waals surface area contributed by atoms with Gasteiger partial charge >= 0.3 is 0 Å². The average Bonchev–Trinajstić information content (AvgIpc) is 3.07. The summed E-state index contributed by atoms with van der Waals surface area (Å²) in [4.78, 5) is 30.7. The normalized spacial score (nSPS) is 11.1. The second-order valence-electron chi connectivity index (χ2n) is 5.56. The van der Waals surface area contributed by atoms with Crippen molar-refractivity contribution in [3.05, 3.63) is 71.1 Å². The first-order valence-corrected chi connectivity index (χ1v) is 7.79. The molecule has 0 saturated carbocycles. The van der Waals surface area contributed by atoms with Gasteiger partial charge in [-0.3, -0.25) is 9.59 Å². The van der Waals surface area contributed by atoms with Crippen LogP contribution in [-0.4, -0.2) is 21.8 Å². The lowest BCUT2D eigenvalue weighted by Crippen LogP contribution is -2.24. The number of pyridine rings is 1. The third-order valence-electron chi connectivity index (χ3n) is 3.81. The first kappa shape index (κ1) is 16.9. The van der Waals surface area contributed by atoms with E-state index in [2.05, 4.69) is 15.3 Å². The van der Waals surface area contributed by atoms with E-state index in [0.717, 1.165) is 5.39 Å². The van der Waals surface area contributed by atoms with Gasteiger partial charge in [0.05, 0.1) is 0 Å². The number of rotatable bonds is 5. The molecule has 0 saturated heterocycles. The molecule has 2 heterocycles. The molecular weight excluding hydrogens is 330 g/mol. The Labute approximate surface area is 149 Å². The van der Waals surface area contributed by atoms with Crippen molar-refractivity contribution < 1.29 is 9.59 Å². The molecule has 2 amide bonds. The van der Waals surface area contributed by atoms with Crippen LogP contribution in [-0.2, 0) is 11.3 Å². The molecule has 26 heavy (non-hydrogen) atoms. The largest absolute Gasteiger partial charge is 0.366 e. The van der Waals surface area contributed by atoms with Gasteiger partial charge in [-0.2, -0.15) is 5.26 Å². The lowest BCUT2D eigenvalue weighted by atomic mass is 10.1. The van der Waals surface area contributed by atoms with Crippen molar-refractivity contribution in [1.82, 2.24) is 15.3 Å². The minimum absolute atomic E-state index is 0.0270. The van der Waals surface area contributed by atoms with Gasteiger partial charge in [-0.15, -0.1) is 0 Å². The topological polar surface area (TPSA) is 125 Å². The Kier molecular flexibility index (Phi) is 4.76. The maximum atomic E-state index is 12.3. The van der Waals surface area contributed by atoms with Gasteiger partial charge in [-0.25, -0.2) is 4.98 Å². The second-order valence-corrected chi connectivity index (χ2v) is 5.56. The number of nitriles is 1. The maximum absolute atomic E-state index is 12.3. The first-order valence-electron chi connectivity index (χ1n) is 7.79. The number of carbonyl (C=O) groups is 2. The molecule has 0 spiro atoms. The van der Waals surface area contributed by atoms with Crippen LogP contribution in [0.1, 0.15) is 21.5 Å². The third-order valence-corrected chi connectivity index (χ3v) is 3.81. The highest BCUT2D eigenvalue weighted by molar-refractivity contribution is 6.03. The van der Waals surface area contributed by atoms with Crippen LogP contribution in [0.5, 0.6) is 0 Å². The molecule has 2 aromatic heterocycles. The molecular formula is C19H15N5O2. The van der Waals surface area contributed by atoms with Gasteiger partial charge in [-0.05, 0) is 35.9 Å². The number of benzene rings is 1. The number of nitrogens with one attached hydrogen (secondary N) is 2. The van der Waals surface area contributed by atoms with Crippen molar-refractivity contribution in [2.45, 2.75) is 6.54 Å². The van der Waals surface area contributed by atoms with Crippen LogP contribution in [0.15, 0.2) is 54.4 Å². The zero-order valence-corrected chi connectivity index (χ0v) is 13.7. The number of primary amides is 1. The van der Waals surface area contributed by atoms with Gasteiger partial charge < -0.3 is 16.0 Å². The van der Waals surface area contributed by atoms with Gasteiger partial charge in [0, 0.05) is 35.5 Å². The van der Waals surface area contributed by atoms with E-state index in [1.807, 2.05) is 12.1 Å². The number of aromatic nitrogens is 2. The highest BCUT2D eigenvalue weighted by atomic mass is 16.2. The Morgan fingerprint density at radius 2 is 2.15 bits per heavy atom. The number of H-pyrrole nitrogens is 1. The highest BCUT2D eigenvalue weighted by Crippen LogP contribution is 2.18. The standard InChI is InChI=1S/C19H15N5O2/c20-9-14(8-15-11-23-18-16(15)5-2-6-22-18)19(26)24-10-12-3-1-4-13(7-12)17(21)25/h1-8,11H,10H2,(H2,21,25)(H,22,23)(H,24,26)/b14-8+. The van der Waals surface area contributed by atoms with E-state index in [-0.39, 0.29) is 12.1 Å². The molecule has 0 fully saturated rings. The van der Waals surface area contributed by atoms with E-state index >= 15 is 0 Å². The Bertz CT molecular complexity index is 1060. The fourth-order valence-electron chi connectivity index (χ4n) is 2.51. The molecule has 0 radical (unpaired) electrons. The summed E-state index contributed by atoms with van der Waals surface area (Å²) in [5.41, 5.74) is 7.67. The molecule has 0 atom stereocenters. The number of amides is 2. The Hall–Kier alpha value is -3.92. The van der Waals surface area contributed by atoms with Crippen molar-refractivity contribution in [2.75, 3.05) is 0 Å². The first-order chi connectivity index (χ1) is 12.6. The molecule has 128 valence electrons. The van der Waals surface area contributed by atoms with Crippen molar-refractivity contribution in [1.29, 1.82) is 5.26 Å². The number of fused-ring (bicyclic) bond motifs is 1. The molecule has 3 aromatic rings. The molecule has 4 N–H and O–H groups in total. The predicted molar refractivity (Wildman–Crippen MR) is 96.5 cm³/mol. The maximum Gasteiger partial charge on any atom is 0.262 e. The van der Waals surface area contributed by atoms with E-state index in [9.17, 15) is 14.9 Å². The van der Waals surface area contributed by atoms with Gasteiger partial charge in [0.15, 0.2) is 0 Å². The van der Waals surface area contributed by atoms with Crippen LogP contribution in [0, 0.1) is 11.3 Å². The summed E-state index contributed by atoms with van der Waals surface area (Å²) in [6.07, 6.45) is 4.86. The van der Waals surface area contributed by atoms with E-state index < -0.39 is 11.8 Å². The summed E-state index contributed by atoms with van der Waals surface area (Å²) in [6.45, 7) is 0.175. The van der Waals surface area contributed by atoms with Crippen LogP contribution < -0.4 is 11.1 Å². The molecule has 0 unspecified atom stereocenters. The summed E-state index contributed by atoms with van der Waals surface area (Å²) >= 11 is 0. The third kappa shape index (κ3) is 3.60. The molecule has 7 nitrogen and oxygen atoms in total. The summed E-state index contributed by atoms with van der Waals surface area (Å²) in [5.74, 6) is -1.04. The number of hydrogen-bond donors (Lipinski definition) is 3. The lowest BCUT2D eigenvalue weighted by molar-refractivity contribution is -0.117. The highest BCUT2D eigenvalue weighted by Gasteiger charge is 2.11. The molecule has 0 bridgehead atoms. The predicted octanol–water partition coefficient (Wildman–Crippen LogP) is 1.89. The van der Waals surface area contributed by atoms with E-state index in [0.29, 0.717) is 22.3 Å². The molecule has 3 rings (SSSR count). The van der Waals surface area contributed by atoms with Gasteiger partial charge in [-0.1, -0.05) is 12.1 Å². The van der Waals surface area contributed by atoms with Crippen LogP contribution in [0.25, 0.3) is 17.1 Å². The van der Waals surface area contributed by atoms with Crippen molar-refractivity contribution >= 4 is 28.9 Å². The Morgan fingerprint density at radius 3 is 2.92 bits per heavy atom. The summed E-state index contributed by atoms with van der Waals surface area (Å²) < 4.78 is 0. The van der Waals surface area contributed by atoms with Crippen molar-refractivity contribution in [3.63, 3.8) is 0 Å². The van der Waals surface area contributed by atoms with Crippen LogP contribution in [0.3, 0.4) is 0 Å². The average molecular weight is 345 g/mol. The minimum Gasteiger partial charge on any atom is -0.366 e. The van der Waals surface area contributed by atoms with E-state index in [1.165, 1.54) is 6.08 Å². The monoisotopic (exact) mass is 345 g/mol. The zero-order chi connectivity index (χ0) is 18.5. The lowest BCUT2D eigenvalue weighted by Gasteiger charge is -2.05. The van der Waals surface area contributed by atoms with Gasteiger partial charge in [0.2, 0.25) is 5.91 Å². The Morgan fingerprint density at radius 1 is 1.31 bits per heavy atom. The van der Waals surface area contributed by atoms with Gasteiger partial charge in [0.1, 0.15) is 17.3 Å². The van der Waals surface area contributed by atoms with Crippen LogP contribution in [0.4, 0.5) is 0 Å².